The fraction of sp³-hybridized carbons (Fsp3) is 0.471. The number of benzene rings is 1. The quantitative estimate of drug-likeness (QED) is 0.838. The number of imide groups is 1. The molecule has 24 heavy (non-hydrogen) atoms. The Morgan fingerprint density at radius 3 is 2.38 bits per heavy atom. The lowest BCUT2D eigenvalue weighted by Crippen LogP contribution is -2.57. The lowest BCUT2D eigenvalue weighted by molar-refractivity contribution is -0.142. The molecular weight excluding hydrogens is 310 g/mol. The highest BCUT2D eigenvalue weighted by molar-refractivity contribution is 6.06. The summed E-state index contributed by atoms with van der Waals surface area (Å²) in [6, 6.07) is 8.81. The summed E-state index contributed by atoms with van der Waals surface area (Å²) in [5, 5.41) is 2.77. The molecule has 0 unspecified atom stereocenters. The second kappa shape index (κ2) is 6.14. The first kappa shape index (κ1) is 16.3. The van der Waals surface area contributed by atoms with Gasteiger partial charge in [0.2, 0.25) is 0 Å². The fourth-order valence-corrected chi connectivity index (χ4v) is 3.21. The van der Waals surface area contributed by atoms with E-state index < -0.39 is 11.6 Å². The second-order valence-corrected chi connectivity index (χ2v) is 6.27. The van der Waals surface area contributed by atoms with Crippen LogP contribution in [0, 0.1) is 0 Å². The lowest BCUT2D eigenvalue weighted by Gasteiger charge is -2.38. The third-order valence-corrected chi connectivity index (χ3v) is 4.70. The summed E-state index contributed by atoms with van der Waals surface area (Å²) >= 11 is 0. The largest absolute Gasteiger partial charge is 0.481 e. The van der Waals surface area contributed by atoms with Crippen molar-refractivity contribution < 1.29 is 19.1 Å². The minimum absolute atomic E-state index is 0.112. The van der Waals surface area contributed by atoms with E-state index in [1.165, 1.54) is 7.05 Å². The molecule has 0 bridgehead atoms. The molecule has 2 aliphatic heterocycles. The van der Waals surface area contributed by atoms with E-state index in [0.717, 1.165) is 4.90 Å². The Morgan fingerprint density at radius 2 is 1.83 bits per heavy atom. The van der Waals surface area contributed by atoms with Gasteiger partial charge in [-0.25, -0.2) is 4.79 Å². The van der Waals surface area contributed by atoms with Gasteiger partial charge in [-0.15, -0.1) is 0 Å². The van der Waals surface area contributed by atoms with Gasteiger partial charge in [0.15, 0.2) is 6.10 Å². The molecule has 1 N–H and O–H groups in total. The normalized spacial score (nSPS) is 20.9. The Balaban J connectivity index is 1.59. The van der Waals surface area contributed by atoms with Gasteiger partial charge < -0.3 is 15.0 Å². The number of likely N-dealkylation sites (tertiary alicyclic amines) is 1. The third-order valence-electron chi connectivity index (χ3n) is 4.70. The fourth-order valence-electron chi connectivity index (χ4n) is 3.21. The van der Waals surface area contributed by atoms with Gasteiger partial charge in [0.1, 0.15) is 11.3 Å². The minimum Gasteiger partial charge on any atom is -0.481 e. The molecule has 0 aromatic heterocycles. The number of para-hydroxylation sites is 1. The maximum absolute atomic E-state index is 12.5. The van der Waals surface area contributed by atoms with Crippen LogP contribution in [-0.2, 0) is 9.59 Å². The maximum atomic E-state index is 12.5. The van der Waals surface area contributed by atoms with Gasteiger partial charge in [-0.2, -0.15) is 0 Å². The summed E-state index contributed by atoms with van der Waals surface area (Å²) < 4.78 is 5.67. The van der Waals surface area contributed by atoms with Crippen LogP contribution in [0.4, 0.5) is 4.79 Å². The number of ether oxygens (including phenoxy) is 1. The van der Waals surface area contributed by atoms with E-state index in [0.29, 0.717) is 31.7 Å². The van der Waals surface area contributed by atoms with Gasteiger partial charge in [0, 0.05) is 20.1 Å². The van der Waals surface area contributed by atoms with Crippen LogP contribution in [0.25, 0.3) is 0 Å². The number of likely N-dealkylation sites (N-methyl/N-ethyl adjacent to an activating group) is 1. The topological polar surface area (TPSA) is 79.0 Å². The Hall–Kier alpha value is -2.57. The molecule has 2 saturated heterocycles. The van der Waals surface area contributed by atoms with Gasteiger partial charge in [-0.3, -0.25) is 14.5 Å². The zero-order valence-corrected chi connectivity index (χ0v) is 13.8. The van der Waals surface area contributed by atoms with Crippen LogP contribution in [0.1, 0.15) is 19.8 Å². The third kappa shape index (κ3) is 2.81. The van der Waals surface area contributed by atoms with Crippen LogP contribution in [0.3, 0.4) is 0 Å². The number of nitrogens with zero attached hydrogens (tertiary/aromatic N) is 2. The van der Waals surface area contributed by atoms with Crippen molar-refractivity contribution in [3.05, 3.63) is 30.3 Å². The molecule has 7 heteroatoms. The van der Waals surface area contributed by atoms with Crippen LogP contribution in [-0.4, -0.2) is 59.4 Å². The summed E-state index contributed by atoms with van der Waals surface area (Å²) in [4.78, 5) is 39.3. The highest BCUT2D eigenvalue weighted by Gasteiger charge is 2.51. The number of carbonyl (C=O) groups is 3. The van der Waals surface area contributed by atoms with Crippen molar-refractivity contribution in [3.63, 3.8) is 0 Å². The van der Waals surface area contributed by atoms with Crippen molar-refractivity contribution in [2.24, 2.45) is 0 Å². The molecule has 1 aromatic carbocycles. The maximum Gasteiger partial charge on any atom is 0.324 e. The molecule has 3 rings (SSSR count). The molecular formula is C17H21N3O4. The standard InChI is InChI=1S/C17H21N3O4/c1-12(24-13-6-4-3-5-7-13)14(21)20-10-8-17(9-11-20)15(22)19(2)16(23)18-17/h3-7,12H,8-11H2,1-2H3,(H,18,23)/t12-/m0/s1. The number of rotatable bonds is 3. The molecule has 0 saturated carbocycles. The molecule has 0 radical (unpaired) electrons. The average molecular weight is 331 g/mol. The monoisotopic (exact) mass is 331 g/mol. The van der Waals surface area contributed by atoms with Crippen molar-refractivity contribution in [2.45, 2.75) is 31.4 Å². The molecule has 128 valence electrons. The number of hydrogen-bond acceptors (Lipinski definition) is 4. The summed E-state index contributed by atoms with van der Waals surface area (Å²) in [6.45, 7) is 2.55. The molecule has 2 heterocycles. The van der Waals surface area contributed by atoms with E-state index in [-0.39, 0.29) is 17.8 Å². The molecule has 4 amide bonds. The predicted octanol–water partition coefficient (Wildman–Crippen LogP) is 0.997. The number of nitrogens with one attached hydrogen (secondary N) is 1. The van der Waals surface area contributed by atoms with Gasteiger partial charge >= 0.3 is 6.03 Å². The van der Waals surface area contributed by atoms with Crippen LogP contribution < -0.4 is 10.1 Å². The van der Waals surface area contributed by atoms with Gasteiger partial charge in [0.05, 0.1) is 0 Å². The Bertz CT molecular complexity index is 653. The number of carbonyl (C=O) groups excluding carboxylic acids is 3. The van der Waals surface area contributed by atoms with Crippen molar-refractivity contribution in [1.29, 1.82) is 0 Å². The van der Waals surface area contributed by atoms with E-state index in [2.05, 4.69) is 5.32 Å². The van der Waals surface area contributed by atoms with Crippen molar-refractivity contribution in [3.8, 4) is 5.75 Å². The first-order valence-electron chi connectivity index (χ1n) is 8.04. The van der Waals surface area contributed by atoms with Gasteiger partial charge in [0.25, 0.3) is 11.8 Å². The molecule has 2 fully saturated rings. The summed E-state index contributed by atoms with van der Waals surface area (Å²) in [6.07, 6.45) is 0.246. The minimum atomic E-state index is -0.855. The highest BCUT2D eigenvalue weighted by atomic mass is 16.5. The molecule has 1 spiro atoms. The molecule has 7 nitrogen and oxygen atoms in total. The first-order chi connectivity index (χ1) is 11.4. The Labute approximate surface area is 140 Å². The summed E-state index contributed by atoms with van der Waals surface area (Å²) in [5.41, 5.74) is -0.855. The van der Waals surface area contributed by atoms with Crippen LogP contribution in [0.2, 0.25) is 0 Å². The Kier molecular flexibility index (Phi) is 4.17. The first-order valence-corrected chi connectivity index (χ1v) is 8.04. The number of amides is 4. The van der Waals surface area contributed by atoms with E-state index in [4.69, 9.17) is 4.74 Å². The zero-order chi connectivity index (χ0) is 17.3. The highest BCUT2D eigenvalue weighted by Crippen LogP contribution is 2.29. The van der Waals surface area contributed by atoms with E-state index in [1.54, 1.807) is 24.0 Å². The van der Waals surface area contributed by atoms with Crippen LogP contribution in [0.5, 0.6) is 5.75 Å². The Morgan fingerprint density at radius 1 is 1.21 bits per heavy atom. The molecule has 2 aliphatic rings. The van der Waals surface area contributed by atoms with E-state index in [1.807, 2.05) is 18.2 Å². The van der Waals surface area contributed by atoms with Crippen LogP contribution in [0.15, 0.2) is 30.3 Å². The molecule has 1 atom stereocenters. The van der Waals surface area contributed by atoms with Gasteiger partial charge in [-0.05, 0) is 31.9 Å². The number of hydrogen-bond donors (Lipinski definition) is 1. The van der Waals surface area contributed by atoms with E-state index >= 15 is 0 Å². The van der Waals surface area contributed by atoms with Gasteiger partial charge in [-0.1, -0.05) is 18.2 Å². The van der Waals surface area contributed by atoms with Crippen molar-refractivity contribution in [2.75, 3.05) is 20.1 Å². The number of piperidine rings is 1. The number of urea groups is 1. The van der Waals surface area contributed by atoms with Crippen molar-refractivity contribution >= 4 is 17.8 Å². The average Bonchev–Trinajstić information content (AvgIpc) is 2.80. The van der Waals surface area contributed by atoms with Crippen LogP contribution >= 0.6 is 0 Å². The molecule has 1 aromatic rings. The smallest absolute Gasteiger partial charge is 0.324 e. The second-order valence-electron chi connectivity index (χ2n) is 6.27. The van der Waals surface area contributed by atoms with Crippen molar-refractivity contribution in [1.82, 2.24) is 15.1 Å². The SMILES string of the molecule is C[C@H](Oc1ccccc1)C(=O)N1CCC2(CC1)NC(=O)N(C)C2=O. The van der Waals surface area contributed by atoms with E-state index in [9.17, 15) is 14.4 Å². The lowest BCUT2D eigenvalue weighted by atomic mass is 9.87. The summed E-state index contributed by atoms with van der Waals surface area (Å²) in [7, 11) is 1.47. The summed E-state index contributed by atoms with van der Waals surface area (Å²) in [5.74, 6) is 0.318. The zero-order valence-electron chi connectivity index (χ0n) is 13.8. The predicted molar refractivity (Wildman–Crippen MR) is 86.4 cm³/mol. The molecule has 0 aliphatic carbocycles.